The molecule has 0 unspecified atom stereocenters. The number of fused-ring (bicyclic) bond motifs is 1. The van der Waals surface area contributed by atoms with E-state index in [0.29, 0.717) is 29.4 Å². The van der Waals surface area contributed by atoms with E-state index in [1.165, 1.54) is 4.68 Å². The summed E-state index contributed by atoms with van der Waals surface area (Å²) in [7, 11) is 3.38. The van der Waals surface area contributed by atoms with Crippen LogP contribution in [0, 0.1) is 0 Å². The first kappa shape index (κ1) is 20.0. The van der Waals surface area contributed by atoms with E-state index >= 15 is 0 Å². The minimum Gasteiger partial charge on any atom is -0.481 e. The molecule has 4 aromatic rings. The standard InChI is InChI=1S/C23H24N6O3/c1-27-22(32-2)18-11-10-16(14-19(18)25-27)21(30)24-12-13-28-23(31)29(17-6-4-3-5-7-17)20(26-28)15-8-9-15/h3-7,10-11,14-15H,8-9,12-13H2,1-2H3,(H,24,30). The Labute approximate surface area is 184 Å². The van der Waals surface area contributed by atoms with Crippen molar-refractivity contribution in [3.8, 4) is 11.6 Å². The summed E-state index contributed by atoms with van der Waals surface area (Å²) >= 11 is 0. The second-order valence-electron chi connectivity index (χ2n) is 7.93. The predicted octanol–water partition coefficient (Wildman–Crippen LogP) is 2.24. The minimum atomic E-state index is -0.227. The second-order valence-corrected chi connectivity index (χ2v) is 7.93. The largest absolute Gasteiger partial charge is 0.481 e. The van der Waals surface area contributed by atoms with Crippen molar-refractivity contribution >= 4 is 16.8 Å². The summed E-state index contributed by atoms with van der Waals surface area (Å²) in [4.78, 5) is 25.7. The molecule has 164 valence electrons. The molecule has 1 fully saturated rings. The summed E-state index contributed by atoms with van der Waals surface area (Å²) in [6, 6.07) is 14.8. The molecule has 5 rings (SSSR count). The van der Waals surface area contributed by atoms with E-state index in [9.17, 15) is 9.59 Å². The molecule has 1 aliphatic rings. The lowest BCUT2D eigenvalue weighted by Gasteiger charge is -2.05. The Balaban J connectivity index is 1.31. The number of ether oxygens (including phenoxy) is 1. The monoisotopic (exact) mass is 432 g/mol. The fourth-order valence-electron chi connectivity index (χ4n) is 3.93. The normalized spacial score (nSPS) is 13.4. The molecule has 0 spiro atoms. The van der Waals surface area contributed by atoms with Gasteiger partial charge in [-0.1, -0.05) is 18.2 Å². The average molecular weight is 432 g/mol. The summed E-state index contributed by atoms with van der Waals surface area (Å²) < 4.78 is 10.1. The number of amides is 1. The highest BCUT2D eigenvalue weighted by Gasteiger charge is 2.31. The van der Waals surface area contributed by atoms with Crippen LogP contribution in [0.4, 0.5) is 0 Å². The van der Waals surface area contributed by atoms with E-state index in [0.717, 1.165) is 29.7 Å². The molecule has 0 atom stereocenters. The Hall–Kier alpha value is -3.88. The van der Waals surface area contributed by atoms with Crippen molar-refractivity contribution in [2.45, 2.75) is 25.3 Å². The smallest absolute Gasteiger partial charge is 0.350 e. The van der Waals surface area contributed by atoms with Gasteiger partial charge in [0, 0.05) is 25.1 Å². The molecule has 0 bridgehead atoms. The van der Waals surface area contributed by atoms with E-state index < -0.39 is 0 Å². The van der Waals surface area contributed by atoms with E-state index in [4.69, 9.17) is 4.74 Å². The summed E-state index contributed by atoms with van der Waals surface area (Å²) in [5.74, 6) is 1.53. The van der Waals surface area contributed by atoms with Crippen LogP contribution in [0.3, 0.4) is 0 Å². The molecule has 2 aromatic heterocycles. The Bertz CT molecular complexity index is 1350. The maximum Gasteiger partial charge on any atom is 0.350 e. The van der Waals surface area contributed by atoms with Crippen molar-refractivity contribution in [2.24, 2.45) is 7.05 Å². The molecule has 2 aromatic carbocycles. The zero-order valence-electron chi connectivity index (χ0n) is 18.0. The number of aryl methyl sites for hydroxylation is 1. The van der Waals surface area contributed by atoms with Crippen molar-refractivity contribution in [1.82, 2.24) is 29.4 Å². The number of hydrogen-bond donors (Lipinski definition) is 1. The van der Waals surface area contributed by atoms with Crippen molar-refractivity contribution < 1.29 is 9.53 Å². The van der Waals surface area contributed by atoms with Gasteiger partial charge < -0.3 is 10.1 Å². The molecule has 1 N–H and O–H groups in total. The first-order valence-electron chi connectivity index (χ1n) is 10.6. The topological polar surface area (TPSA) is 96.0 Å². The first-order chi connectivity index (χ1) is 15.6. The van der Waals surface area contributed by atoms with E-state index in [1.54, 1.807) is 35.5 Å². The van der Waals surface area contributed by atoms with Gasteiger partial charge in [0.1, 0.15) is 5.82 Å². The Kier molecular flexibility index (Phi) is 5.01. The molecule has 1 amide bonds. The number of nitrogens with zero attached hydrogens (tertiary/aromatic N) is 5. The quantitative estimate of drug-likeness (QED) is 0.483. The SMILES string of the molecule is COc1c2ccc(C(=O)NCCn3nc(C4CC4)n(-c4ccccc4)c3=O)cc2nn1C. The summed E-state index contributed by atoms with van der Waals surface area (Å²) in [5.41, 5.74) is 1.81. The first-order valence-corrected chi connectivity index (χ1v) is 10.6. The molecule has 9 nitrogen and oxygen atoms in total. The molecule has 1 aliphatic carbocycles. The van der Waals surface area contributed by atoms with Crippen LogP contribution >= 0.6 is 0 Å². The van der Waals surface area contributed by atoms with Crippen molar-refractivity contribution in [3.05, 3.63) is 70.4 Å². The van der Waals surface area contributed by atoms with E-state index in [-0.39, 0.29) is 18.1 Å². The lowest BCUT2D eigenvalue weighted by atomic mass is 10.1. The summed E-state index contributed by atoms with van der Waals surface area (Å²) in [6.45, 7) is 0.585. The Morgan fingerprint density at radius 3 is 2.66 bits per heavy atom. The van der Waals surface area contributed by atoms with Gasteiger partial charge in [0.2, 0.25) is 5.88 Å². The minimum absolute atomic E-state index is 0.186. The Morgan fingerprint density at radius 2 is 1.94 bits per heavy atom. The van der Waals surface area contributed by atoms with Gasteiger partial charge in [-0.05, 0) is 43.2 Å². The molecule has 2 heterocycles. The molecule has 0 radical (unpaired) electrons. The number of benzene rings is 2. The van der Waals surface area contributed by atoms with Crippen LogP contribution in [-0.4, -0.2) is 43.7 Å². The van der Waals surface area contributed by atoms with E-state index in [2.05, 4.69) is 15.5 Å². The average Bonchev–Trinajstić information content (AvgIpc) is 3.52. The molecule has 9 heteroatoms. The van der Waals surface area contributed by atoms with Gasteiger partial charge in [-0.3, -0.25) is 4.79 Å². The molecule has 0 aliphatic heterocycles. The molecular formula is C23H24N6O3. The van der Waals surface area contributed by atoms with Gasteiger partial charge in [-0.25, -0.2) is 18.7 Å². The third kappa shape index (κ3) is 3.55. The van der Waals surface area contributed by atoms with Gasteiger partial charge in [-0.2, -0.15) is 10.2 Å². The number of carbonyl (C=O) groups excluding carboxylic acids is 1. The third-order valence-corrected chi connectivity index (χ3v) is 5.67. The highest BCUT2D eigenvalue weighted by Crippen LogP contribution is 2.39. The third-order valence-electron chi connectivity index (χ3n) is 5.67. The fraction of sp³-hybridized carbons (Fsp3) is 0.304. The zero-order valence-corrected chi connectivity index (χ0v) is 18.0. The van der Waals surface area contributed by atoms with Crippen LogP contribution in [0.25, 0.3) is 16.6 Å². The van der Waals surface area contributed by atoms with Crippen molar-refractivity contribution in [3.63, 3.8) is 0 Å². The van der Waals surface area contributed by atoms with Crippen molar-refractivity contribution in [1.29, 1.82) is 0 Å². The van der Waals surface area contributed by atoms with Crippen LogP contribution in [-0.2, 0) is 13.6 Å². The van der Waals surface area contributed by atoms with Crippen LogP contribution < -0.4 is 15.7 Å². The van der Waals surface area contributed by atoms with Gasteiger partial charge >= 0.3 is 5.69 Å². The van der Waals surface area contributed by atoms with E-state index in [1.807, 2.05) is 36.4 Å². The summed E-state index contributed by atoms with van der Waals surface area (Å²) in [5, 5.41) is 12.7. The number of rotatable bonds is 7. The van der Waals surface area contributed by atoms with Gasteiger partial charge in [0.15, 0.2) is 0 Å². The predicted molar refractivity (Wildman–Crippen MR) is 119 cm³/mol. The zero-order chi connectivity index (χ0) is 22.2. The number of methoxy groups -OCH3 is 1. The highest BCUT2D eigenvalue weighted by molar-refractivity contribution is 5.98. The molecule has 32 heavy (non-hydrogen) atoms. The number of aromatic nitrogens is 5. The highest BCUT2D eigenvalue weighted by atomic mass is 16.5. The number of nitrogens with one attached hydrogen (secondary N) is 1. The Morgan fingerprint density at radius 1 is 1.16 bits per heavy atom. The molecule has 0 saturated heterocycles. The number of carbonyl (C=O) groups is 1. The lowest BCUT2D eigenvalue weighted by Crippen LogP contribution is -2.32. The molecular weight excluding hydrogens is 408 g/mol. The van der Waals surface area contributed by atoms with Crippen molar-refractivity contribution in [2.75, 3.05) is 13.7 Å². The lowest BCUT2D eigenvalue weighted by molar-refractivity contribution is 0.0952. The maximum absolute atomic E-state index is 13.0. The van der Waals surface area contributed by atoms with Crippen LogP contribution in [0.1, 0.15) is 34.9 Å². The van der Waals surface area contributed by atoms with Gasteiger partial charge in [-0.15, -0.1) is 0 Å². The summed E-state index contributed by atoms with van der Waals surface area (Å²) in [6.07, 6.45) is 2.08. The van der Waals surface area contributed by atoms with Crippen LogP contribution in [0.5, 0.6) is 5.88 Å². The molecule has 1 saturated carbocycles. The fourth-order valence-corrected chi connectivity index (χ4v) is 3.93. The number of para-hydroxylation sites is 1. The van der Waals surface area contributed by atoms with Gasteiger partial charge in [0.05, 0.1) is 30.2 Å². The van der Waals surface area contributed by atoms with Gasteiger partial charge in [0.25, 0.3) is 5.91 Å². The second kappa shape index (κ2) is 7.99. The van der Waals surface area contributed by atoms with Crippen LogP contribution in [0.2, 0.25) is 0 Å². The number of hydrogen-bond acceptors (Lipinski definition) is 5. The maximum atomic E-state index is 13.0. The van der Waals surface area contributed by atoms with Crippen LogP contribution in [0.15, 0.2) is 53.3 Å².